The zero-order chi connectivity index (χ0) is 16.5. The van der Waals surface area contributed by atoms with Gasteiger partial charge in [0.2, 0.25) is 0 Å². The van der Waals surface area contributed by atoms with E-state index in [0.29, 0.717) is 22.5 Å². The normalized spacial score (nSPS) is 11.5. The van der Waals surface area contributed by atoms with Crippen LogP contribution < -0.4 is 4.74 Å². The van der Waals surface area contributed by atoms with Gasteiger partial charge < -0.3 is 9.84 Å². The number of benzene rings is 3. The van der Waals surface area contributed by atoms with E-state index in [1.807, 2.05) is 42.5 Å². The van der Waals surface area contributed by atoms with Crippen molar-refractivity contribution in [2.45, 2.75) is 0 Å². The van der Waals surface area contributed by atoms with Crippen LogP contribution in [0.3, 0.4) is 0 Å². The van der Waals surface area contributed by atoms with Crippen LogP contribution in [-0.4, -0.2) is 22.4 Å². The number of phenols is 1. The van der Waals surface area contributed by atoms with Crippen molar-refractivity contribution in [3.63, 3.8) is 0 Å². The number of rotatable bonds is 3. The average Bonchev–Trinajstić information content (AvgIpc) is 3.09. The number of hydrogen-bond donors (Lipinski definition) is 2. The highest BCUT2D eigenvalue weighted by Crippen LogP contribution is 2.41. The fraction of sp³-hybridized carbons (Fsp3) is 0.0556. The molecule has 0 bridgehead atoms. The van der Waals surface area contributed by atoms with Crippen molar-refractivity contribution in [3.05, 3.63) is 54.7 Å². The number of aromatic amines is 1. The zero-order valence-corrected chi connectivity index (χ0v) is 12.9. The van der Waals surface area contributed by atoms with Crippen molar-refractivity contribution in [1.29, 1.82) is 0 Å². The van der Waals surface area contributed by atoms with E-state index in [2.05, 4.69) is 20.4 Å². The standard InChI is InChI=1S/C18H14N4O2/c1-24-17-9-16(18(23)14-5-3-2-4-13(14)17)22-20-12-6-7-15-11(8-12)10-19-21-15/h2-10,23H,1H3,(H,19,21)/b22-20+. The number of aromatic nitrogens is 2. The predicted molar refractivity (Wildman–Crippen MR) is 92.4 cm³/mol. The molecule has 2 N–H and O–H groups in total. The van der Waals surface area contributed by atoms with Crippen LogP contribution in [0.1, 0.15) is 0 Å². The molecule has 0 atom stereocenters. The zero-order valence-electron chi connectivity index (χ0n) is 12.9. The monoisotopic (exact) mass is 318 g/mol. The second-order valence-corrected chi connectivity index (χ2v) is 5.33. The van der Waals surface area contributed by atoms with Gasteiger partial charge in [-0.25, -0.2) is 0 Å². The first-order valence-corrected chi connectivity index (χ1v) is 7.40. The highest BCUT2D eigenvalue weighted by atomic mass is 16.5. The van der Waals surface area contributed by atoms with E-state index in [9.17, 15) is 5.11 Å². The summed E-state index contributed by atoms with van der Waals surface area (Å²) in [5, 5.41) is 28.2. The van der Waals surface area contributed by atoms with Crippen LogP contribution in [0, 0.1) is 0 Å². The summed E-state index contributed by atoms with van der Waals surface area (Å²) >= 11 is 0. The van der Waals surface area contributed by atoms with Crippen LogP contribution in [0.5, 0.6) is 11.5 Å². The van der Waals surface area contributed by atoms with Crippen LogP contribution >= 0.6 is 0 Å². The lowest BCUT2D eigenvalue weighted by molar-refractivity contribution is 0.418. The van der Waals surface area contributed by atoms with Crippen LogP contribution in [0.2, 0.25) is 0 Å². The summed E-state index contributed by atoms with van der Waals surface area (Å²) in [4.78, 5) is 0. The third kappa shape index (κ3) is 2.34. The lowest BCUT2D eigenvalue weighted by Crippen LogP contribution is -1.85. The Hall–Kier alpha value is -3.41. The Labute approximate surface area is 137 Å². The van der Waals surface area contributed by atoms with Gasteiger partial charge in [-0.05, 0) is 18.2 Å². The first-order chi connectivity index (χ1) is 11.8. The molecule has 0 radical (unpaired) electrons. The largest absolute Gasteiger partial charge is 0.505 e. The van der Waals surface area contributed by atoms with Crippen molar-refractivity contribution in [2.75, 3.05) is 7.11 Å². The SMILES string of the molecule is COc1cc(/N=N/c2ccc3[nH]ncc3c2)c(O)c2ccccc12. The van der Waals surface area contributed by atoms with Gasteiger partial charge >= 0.3 is 0 Å². The molecule has 0 aliphatic carbocycles. The molecule has 4 rings (SSSR count). The molecule has 0 aliphatic heterocycles. The Bertz CT molecular complexity index is 1070. The van der Waals surface area contributed by atoms with Crippen molar-refractivity contribution < 1.29 is 9.84 Å². The van der Waals surface area contributed by atoms with Crippen LogP contribution in [0.4, 0.5) is 11.4 Å². The second-order valence-electron chi connectivity index (χ2n) is 5.33. The summed E-state index contributed by atoms with van der Waals surface area (Å²) < 4.78 is 5.40. The molecule has 4 aromatic rings. The van der Waals surface area contributed by atoms with E-state index in [0.717, 1.165) is 16.3 Å². The molecule has 6 heteroatoms. The topological polar surface area (TPSA) is 82.9 Å². The number of H-pyrrole nitrogens is 1. The maximum Gasteiger partial charge on any atom is 0.151 e. The maximum absolute atomic E-state index is 10.5. The van der Waals surface area contributed by atoms with Crippen LogP contribution in [0.25, 0.3) is 21.7 Å². The van der Waals surface area contributed by atoms with Gasteiger partial charge in [-0.1, -0.05) is 24.3 Å². The molecule has 0 saturated carbocycles. The van der Waals surface area contributed by atoms with Crippen molar-refractivity contribution in [3.8, 4) is 11.5 Å². The number of ether oxygens (including phenoxy) is 1. The number of aromatic hydroxyl groups is 1. The Kier molecular flexibility index (Phi) is 3.35. The molecule has 6 nitrogen and oxygen atoms in total. The van der Waals surface area contributed by atoms with Crippen LogP contribution in [-0.2, 0) is 0 Å². The third-order valence-corrected chi connectivity index (χ3v) is 3.87. The number of nitrogens with one attached hydrogen (secondary N) is 1. The highest BCUT2D eigenvalue weighted by Gasteiger charge is 2.11. The Morgan fingerprint density at radius 3 is 2.71 bits per heavy atom. The van der Waals surface area contributed by atoms with E-state index in [-0.39, 0.29) is 5.75 Å². The molecule has 1 aromatic heterocycles. The number of methoxy groups -OCH3 is 1. The molecule has 24 heavy (non-hydrogen) atoms. The Morgan fingerprint density at radius 1 is 1.04 bits per heavy atom. The summed E-state index contributed by atoms with van der Waals surface area (Å²) in [6, 6.07) is 14.7. The quantitative estimate of drug-likeness (QED) is 0.530. The molecule has 0 unspecified atom stereocenters. The minimum atomic E-state index is 0.0829. The lowest BCUT2D eigenvalue weighted by atomic mass is 10.1. The molecular weight excluding hydrogens is 304 g/mol. The van der Waals surface area contributed by atoms with Gasteiger partial charge in [0.25, 0.3) is 0 Å². The number of hydrogen-bond acceptors (Lipinski definition) is 5. The first-order valence-electron chi connectivity index (χ1n) is 7.40. The molecule has 3 aromatic carbocycles. The smallest absolute Gasteiger partial charge is 0.151 e. The predicted octanol–water partition coefficient (Wildman–Crippen LogP) is 4.85. The Morgan fingerprint density at radius 2 is 1.88 bits per heavy atom. The molecule has 0 saturated heterocycles. The minimum Gasteiger partial charge on any atom is -0.505 e. The lowest BCUT2D eigenvalue weighted by Gasteiger charge is -2.09. The second kappa shape index (κ2) is 5.66. The summed E-state index contributed by atoms with van der Waals surface area (Å²) in [7, 11) is 1.59. The number of phenolic OH excluding ortho intramolecular Hbond substituents is 1. The number of azo groups is 1. The van der Waals surface area contributed by atoms with Gasteiger partial charge in [0.1, 0.15) is 11.4 Å². The first kappa shape index (κ1) is 14.2. The molecule has 118 valence electrons. The summed E-state index contributed by atoms with van der Waals surface area (Å²) in [5.74, 6) is 0.724. The highest BCUT2D eigenvalue weighted by molar-refractivity contribution is 5.97. The third-order valence-electron chi connectivity index (χ3n) is 3.87. The van der Waals surface area contributed by atoms with Gasteiger partial charge in [-0.3, -0.25) is 5.10 Å². The van der Waals surface area contributed by atoms with Gasteiger partial charge in [0, 0.05) is 22.2 Å². The van der Waals surface area contributed by atoms with E-state index in [1.54, 1.807) is 19.4 Å². The van der Waals surface area contributed by atoms with Crippen molar-refractivity contribution in [1.82, 2.24) is 10.2 Å². The summed E-state index contributed by atoms with van der Waals surface area (Å²) in [6.45, 7) is 0. The van der Waals surface area contributed by atoms with Crippen molar-refractivity contribution >= 4 is 33.1 Å². The number of fused-ring (bicyclic) bond motifs is 2. The van der Waals surface area contributed by atoms with Gasteiger partial charge in [-0.15, -0.1) is 5.11 Å². The molecule has 1 heterocycles. The molecular formula is C18H14N4O2. The van der Waals surface area contributed by atoms with Gasteiger partial charge in [-0.2, -0.15) is 10.2 Å². The molecule has 0 spiro atoms. The molecule has 0 amide bonds. The molecule has 0 aliphatic rings. The van der Waals surface area contributed by atoms with E-state index in [1.165, 1.54) is 0 Å². The van der Waals surface area contributed by atoms with Gasteiger partial charge in [0.15, 0.2) is 5.75 Å². The van der Waals surface area contributed by atoms with E-state index >= 15 is 0 Å². The van der Waals surface area contributed by atoms with Crippen LogP contribution in [0.15, 0.2) is 65.0 Å². The summed E-state index contributed by atoms with van der Waals surface area (Å²) in [6.07, 6.45) is 1.73. The van der Waals surface area contributed by atoms with Crippen molar-refractivity contribution in [2.24, 2.45) is 10.2 Å². The summed E-state index contributed by atoms with van der Waals surface area (Å²) in [5.41, 5.74) is 1.97. The van der Waals surface area contributed by atoms with Gasteiger partial charge in [0.05, 0.1) is 24.5 Å². The van der Waals surface area contributed by atoms with E-state index < -0.39 is 0 Å². The van der Waals surface area contributed by atoms with E-state index in [4.69, 9.17) is 4.74 Å². The Balaban J connectivity index is 1.79. The maximum atomic E-state index is 10.5. The number of nitrogens with zero attached hydrogens (tertiary/aromatic N) is 3. The fourth-order valence-electron chi connectivity index (χ4n) is 2.66. The average molecular weight is 318 g/mol. The molecule has 0 fully saturated rings. The fourth-order valence-corrected chi connectivity index (χ4v) is 2.66. The minimum absolute atomic E-state index is 0.0829.